The molecule has 7 heteroatoms. The van der Waals surface area contributed by atoms with Gasteiger partial charge >= 0.3 is 0 Å². The minimum Gasteiger partial charge on any atom is -0.383 e. The van der Waals surface area contributed by atoms with Crippen LogP contribution in [0, 0.1) is 0 Å². The largest absolute Gasteiger partial charge is 0.383 e. The summed E-state index contributed by atoms with van der Waals surface area (Å²) < 4.78 is 1.65. The predicted octanol–water partition coefficient (Wildman–Crippen LogP) is 2.09. The van der Waals surface area contributed by atoms with Crippen LogP contribution in [0.5, 0.6) is 0 Å². The maximum atomic E-state index is 12.6. The molecule has 1 saturated heterocycles. The van der Waals surface area contributed by atoms with E-state index in [4.69, 9.17) is 5.73 Å². The number of benzene rings is 1. The molecule has 2 N–H and O–H groups in total. The zero-order valence-electron chi connectivity index (χ0n) is 13.9. The molecule has 0 bridgehead atoms. The number of anilines is 1. The smallest absolute Gasteiger partial charge is 0.244 e. The Morgan fingerprint density at radius 2 is 1.84 bits per heavy atom. The number of hydrogen-bond acceptors (Lipinski definition) is 5. The molecular weight excluding hydrogens is 316 g/mol. The summed E-state index contributed by atoms with van der Waals surface area (Å²) in [5.41, 5.74) is 8.31. The number of nitrogens with two attached hydrogens (primary N) is 1. The molecule has 1 fully saturated rings. The van der Waals surface area contributed by atoms with Crippen molar-refractivity contribution in [2.75, 3.05) is 18.8 Å². The van der Waals surface area contributed by atoms with Crippen LogP contribution in [0.1, 0.15) is 19.3 Å². The van der Waals surface area contributed by atoms with Crippen molar-refractivity contribution >= 4 is 22.8 Å². The highest BCUT2D eigenvalue weighted by Gasteiger charge is 2.21. The number of fused-ring (bicyclic) bond motifs is 1. The second-order valence-electron chi connectivity index (χ2n) is 6.27. The number of nitrogen functional groups attached to an aromatic ring is 1. The second-order valence-corrected chi connectivity index (χ2v) is 6.27. The van der Waals surface area contributed by atoms with E-state index in [-0.39, 0.29) is 12.5 Å². The predicted molar refractivity (Wildman–Crippen MR) is 95.6 cm³/mol. The van der Waals surface area contributed by atoms with Gasteiger partial charge in [-0.1, -0.05) is 30.3 Å². The summed E-state index contributed by atoms with van der Waals surface area (Å²) >= 11 is 0. The van der Waals surface area contributed by atoms with Crippen LogP contribution in [-0.2, 0) is 11.3 Å². The Morgan fingerprint density at radius 3 is 2.60 bits per heavy atom. The molecule has 0 saturated carbocycles. The first kappa shape index (κ1) is 15.6. The highest BCUT2D eigenvalue weighted by atomic mass is 16.2. The van der Waals surface area contributed by atoms with Gasteiger partial charge < -0.3 is 10.6 Å². The Labute approximate surface area is 145 Å². The lowest BCUT2D eigenvalue weighted by Gasteiger charge is -2.26. The molecule has 3 aromatic rings. The number of carbonyl (C=O) groups is 1. The first-order chi connectivity index (χ1) is 12.2. The lowest BCUT2D eigenvalue weighted by atomic mass is 10.1. The second kappa shape index (κ2) is 6.51. The molecule has 1 aromatic carbocycles. The number of rotatable bonds is 3. The van der Waals surface area contributed by atoms with Gasteiger partial charge in [0.05, 0.1) is 5.39 Å². The van der Waals surface area contributed by atoms with Crippen molar-refractivity contribution in [2.24, 2.45) is 0 Å². The lowest BCUT2D eigenvalue weighted by Crippen LogP contribution is -2.38. The number of nitrogens with zero attached hydrogens (tertiary/aromatic N) is 5. The third-order valence-corrected chi connectivity index (χ3v) is 4.60. The number of aromatic nitrogens is 4. The van der Waals surface area contributed by atoms with Gasteiger partial charge in [-0.15, -0.1) is 0 Å². The Bertz CT molecular complexity index is 899. The monoisotopic (exact) mass is 336 g/mol. The Morgan fingerprint density at radius 1 is 1.08 bits per heavy atom. The maximum absolute atomic E-state index is 12.6. The van der Waals surface area contributed by atoms with E-state index in [1.54, 1.807) is 4.68 Å². The van der Waals surface area contributed by atoms with Gasteiger partial charge in [0.1, 0.15) is 24.4 Å². The van der Waals surface area contributed by atoms with Crippen LogP contribution < -0.4 is 5.73 Å². The number of hydrogen-bond donors (Lipinski definition) is 1. The summed E-state index contributed by atoms with van der Waals surface area (Å²) in [6, 6.07) is 9.76. The molecule has 1 aliphatic heterocycles. The van der Waals surface area contributed by atoms with Crippen LogP contribution in [0.15, 0.2) is 36.7 Å². The van der Waals surface area contributed by atoms with E-state index in [9.17, 15) is 4.79 Å². The zero-order chi connectivity index (χ0) is 17.2. The van der Waals surface area contributed by atoms with E-state index in [1.165, 1.54) is 12.7 Å². The third-order valence-electron chi connectivity index (χ3n) is 4.60. The first-order valence-corrected chi connectivity index (χ1v) is 8.54. The summed E-state index contributed by atoms with van der Waals surface area (Å²) in [5, 5.41) is 5.34. The molecule has 3 heterocycles. The molecular formula is C18H20N6O. The molecule has 2 aromatic heterocycles. The van der Waals surface area contributed by atoms with Crippen LogP contribution in [0.3, 0.4) is 0 Å². The van der Waals surface area contributed by atoms with Crippen molar-refractivity contribution in [3.05, 3.63) is 36.7 Å². The fourth-order valence-electron chi connectivity index (χ4n) is 3.31. The normalized spacial score (nSPS) is 14.8. The highest BCUT2D eigenvalue weighted by molar-refractivity contribution is 5.98. The average Bonchev–Trinajstić information content (AvgIpc) is 3.03. The number of amides is 1. The van der Waals surface area contributed by atoms with Crippen LogP contribution in [0.4, 0.5) is 5.82 Å². The molecule has 0 aliphatic carbocycles. The lowest BCUT2D eigenvalue weighted by molar-refractivity contribution is -0.132. The SMILES string of the molecule is Nc1ncnc2c1c(-c1ccccc1)nn2CC(=O)N1CCCCC1. The van der Waals surface area contributed by atoms with E-state index in [0.717, 1.165) is 31.5 Å². The Hall–Kier alpha value is -2.96. The summed E-state index contributed by atoms with van der Waals surface area (Å²) in [6.45, 7) is 1.81. The minimum absolute atomic E-state index is 0.0703. The van der Waals surface area contributed by atoms with Gasteiger partial charge in [0.25, 0.3) is 0 Å². The minimum atomic E-state index is 0.0703. The van der Waals surface area contributed by atoms with Gasteiger partial charge in [-0.3, -0.25) is 4.79 Å². The Balaban J connectivity index is 1.74. The number of likely N-dealkylation sites (tertiary alicyclic amines) is 1. The topological polar surface area (TPSA) is 89.9 Å². The molecule has 4 rings (SSSR count). The molecule has 25 heavy (non-hydrogen) atoms. The van der Waals surface area contributed by atoms with E-state index in [1.807, 2.05) is 35.2 Å². The molecule has 7 nitrogen and oxygen atoms in total. The molecule has 0 atom stereocenters. The first-order valence-electron chi connectivity index (χ1n) is 8.54. The van der Waals surface area contributed by atoms with Crippen LogP contribution in [-0.4, -0.2) is 43.6 Å². The fraction of sp³-hybridized carbons (Fsp3) is 0.333. The van der Waals surface area contributed by atoms with Crippen LogP contribution >= 0.6 is 0 Å². The molecule has 1 aliphatic rings. The van der Waals surface area contributed by atoms with E-state index in [0.29, 0.717) is 22.5 Å². The van der Waals surface area contributed by atoms with Gasteiger partial charge in [0, 0.05) is 18.7 Å². The molecule has 1 amide bonds. The number of piperidine rings is 1. The molecule has 0 radical (unpaired) electrons. The van der Waals surface area contributed by atoms with Crippen molar-refractivity contribution in [1.82, 2.24) is 24.6 Å². The van der Waals surface area contributed by atoms with Crippen molar-refractivity contribution in [3.8, 4) is 11.3 Å². The molecule has 128 valence electrons. The van der Waals surface area contributed by atoms with Gasteiger partial charge in [-0.05, 0) is 19.3 Å². The quantitative estimate of drug-likeness (QED) is 0.791. The summed E-state index contributed by atoms with van der Waals surface area (Å²) in [7, 11) is 0. The van der Waals surface area contributed by atoms with E-state index >= 15 is 0 Å². The fourth-order valence-corrected chi connectivity index (χ4v) is 3.31. The van der Waals surface area contributed by atoms with E-state index in [2.05, 4.69) is 15.1 Å². The van der Waals surface area contributed by atoms with Crippen molar-refractivity contribution in [1.29, 1.82) is 0 Å². The highest BCUT2D eigenvalue weighted by Crippen LogP contribution is 2.29. The Kier molecular flexibility index (Phi) is 4.05. The molecule has 0 spiro atoms. The zero-order valence-corrected chi connectivity index (χ0v) is 13.9. The van der Waals surface area contributed by atoms with Gasteiger partial charge in [0.15, 0.2) is 5.65 Å². The van der Waals surface area contributed by atoms with Crippen LogP contribution in [0.2, 0.25) is 0 Å². The van der Waals surface area contributed by atoms with Gasteiger partial charge in [-0.25, -0.2) is 14.6 Å². The summed E-state index contributed by atoms with van der Waals surface area (Å²) in [6.07, 6.45) is 4.73. The van der Waals surface area contributed by atoms with Crippen molar-refractivity contribution in [2.45, 2.75) is 25.8 Å². The van der Waals surface area contributed by atoms with Gasteiger partial charge in [0.2, 0.25) is 5.91 Å². The third kappa shape index (κ3) is 2.93. The summed E-state index contributed by atoms with van der Waals surface area (Å²) in [4.78, 5) is 23.0. The molecule has 0 unspecified atom stereocenters. The van der Waals surface area contributed by atoms with Crippen molar-refractivity contribution in [3.63, 3.8) is 0 Å². The summed E-state index contributed by atoms with van der Waals surface area (Å²) in [5.74, 6) is 0.446. The number of carbonyl (C=O) groups excluding carboxylic acids is 1. The standard InChI is InChI=1S/C18H20N6O/c19-17-15-16(13-7-3-1-4-8-13)22-24(18(15)21-12-20-17)11-14(25)23-9-5-2-6-10-23/h1,3-4,7-8,12H,2,5-6,9-11H2,(H2,19,20,21). The van der Waals surface area contributed by atoms with E-state index < -0.39 is 0 Å². The van der Waals surface area contributed by atoms with Gasteiger partial charge in [-0.2, -0.15) is 5.10 Å². The maximum Gasteiger partial charge on any atom is 0.244 e. The van der Waals surface area contributed by atoms with Crippen LogP contribution in [0.25, 0.3) is 22.3 Å². The van der Waals surface area contributed by atoms with Crippen molar-refractivity contribution < 1.29 is 4.79 Å². The average molecular weight is 336 g/mol.